The molecular formula is C45H29N3O. The predicted molar refractivity (Wildman–Crippen MR) is 204 cm³/mol. The highest BCUT2D eigenvalue weighted by Crippen LogP contribution is 2.42. The lowest BCUT2D eigenvalue weighted by Gasteiger charge is -2.27. The molecule has 0 aliphatic carbocycles. The van der Waals surface area contributed by atoms with Crippen LogP contribution < -0.4 is 5.32 Å². The normalized spacial score (nSPS) is 14.7. The number of rotatable bonds is 4. The molecule has 10 rings (SSSR count). The van der Waals surface area contributed by atoms with Crippen molar-refractivity contribution in [2.45, 2.75) is 6.17 Å². The van der Waals surface area contributed by atoms with Gasteiger partial charge in [-0.2, -0.15) is 0 Å². The van der Waals surface area contributed by atoms with Crippen LogP contribution in [0.5, 0.6) is 0 Å². The zero-order valence-corrected chi connectivity index (χ0v) is 26.5. The number of hydrogen-bond acceptors (Lipinski definition) is 4. The topological polar surface area (TPSA) is 49.9 Å². The van der Waals surface area contributed by atoms with Crippen LogP contribution in [0, 0.1) is 0 Å². The third-order valence-electron chi connectivity index (χ3n) is 9.72. The van der Waals surface area contributed by atoms with Crippen molar-refractivity contribution < 1.29 is 4.42 Å². The van der Waals surface area contributed by atoms with E-state index in [1.807, 2.05) is 30.3 Å². The van der Waals surface area contributed by atoms with Gasteiger partial charge in [-0.05, 0) is 67.7 Å². The van der Waals surface area contributed by atoms with Gasteiger partial charge >= 0.3 is 0 Å². The Labute approximate surface area is 282 Å². The van der Waals surface area contributed by atoms with Gasteiger partial charge in [0, 0.05) is 27.5 Å². The molecule has 49 heavy (non-hydrogen) atoms. The number of nitrogens with zero attached hydrogens (tertiary/aromatic N) is 2. The molecule has 9 aromatic rings. The van der Waals surface area contributed by atoms with E-state index in [0.717, 1.165) is 61.0 Å². The number of hydrogen-bond donors (Lipinski definition) is 1. The smallest absolute Gasteiger partial charge is 0.159 e. The van der Waals surface area contributed by atoms with Crippen LogP contribution in [0.3, 0.4) is 0 Å². The molecule has 1 N–H and O–H groups in total. The van der Waals surface area contributed by atoms with Crippen molar-refractivity contribution in [3.63, 3.8) is 0 Å². The Morgan fingerprint density at radius 1 is 0.469 bits per heavy atom. The Bertz CT molecular complexity index is 2810. The molecule has 8 aromatic carbocycles. The molecule has 1 unspecified atom stereocenters. The van der Waals surface area contributed by atoms with Crippen LogP contribution in [0.1, 0.15) is 22.9 Å². The van der Waals surface area contributed by atoms with Crippen molar-refractivity contribution in [1.29, 1.82) is 0 Å². The van der Waals surface area contributed by atoms with Gasteiger partial charge in [0.05, 0.1) is 0 Å². The highest BCUT2D eigenvalue weighted by atomic mass is 16.3. The summed E-state index contributed by atoms with van der Waals surface area (Å²) in [5.74, 6) is 1.47. The third-order valence-corrected chi connectivity index (χ3v) is 9.72. The summed E-state index contributed by atoms with van der Waals surface area (Å²) in [4.78, 5) is 10.7. The molecule has 0 spiro atoms. The van der Waals surface area contributed by atoms with E-state index in [-0.39, 0.29) is 0 Å². The van der Waals surface area contributed by atoms with E-state index in [9.17, 15) is 0 Å². The summed E-state index contributed by atoms with van der Waals surface area (Å²) in [6.07, 6.45) is -0.459. The Morgan fingerprint density at radius 2 is 1.16 bits per heavy atom. The Morgan fingerprint density at radius 3 is 2.02 bits per heavy atom. The molecule has 1 aromatic heterocycles. The summed E-state index contributed by atoms with van der Waals surface area (Å²) in [6, 6.07) is 57.4. The number of fused-ring (bicyclic) bond motifs is 7. The van der Waals surface area contributed by atoms with Crippen LogP contribution in [0.25, 0.3) is 65.4 Å². The van der Waals surface area contributed by atoms with E-state index in [2.05, 4.69) is 139 Å². The fraction of sp³-hybridized carbons (Fsp3) is 0.0222. The van der Waals surface area contributed by atoms with Crippen LogP contribution in [0.4, 0.5) is 0 Å². The second kappa shape index (κ2) is 11.0. The molecule has 0 saturated heterocycles. The molecule has 1 aliphatic heterocycles. The fourth-order valence-electron chi connectivity index (χ4n) is 7.44. The van der Waals surface area contributed by atoms with Crippen molar-refractivity contribution in [1.82, 2.24) is 5.32 Å². The molecule has 0 bridgehead atoms. The monoisotopic (exact) mass is 627 g/mol. The van der Waals surface area contributed by atoms with Gasteiger partial charge < -0.3 is 9.73 Å². The maximum atomic E-state index is 6.47. The van der Waals surface area contributed by atoms with Crippen molar-refractivity contribution in [3.05, 3.63) is 180 Å². The van der Waals surface area contributed by atoms with Gasteiger partial charge in [-0.1, -0.05) is 140 Å². The first-order valence-electron chi connectivity index (χ1n) is 16.6. The standard InChI is InChI=1S/C45H29N3O/c1-2-13-29(14-3-1)43-46-44(38-27-31-16-6-7-17-33(31)35-18-8-9-19-36(35)38)48-45(47-43)42-34(32-23-22-28-12-4-5-15-30(28)26-32)24-25-40-41(42)37-20-10-11-21-39(37)49-40/h1-27,45H,(H,46,47,48). The largest absolute Gasteiger partial charge is 0.456 e. The van der Waals surface area contributed by atoms with Gasteiger partial charge in [-0.25, -0.2) is 9.98 Å². The van der Waals surface area contributed by atoms with E-state index in [1.165, 1.54) is 26.9 Å². The molecule has 2 heterocycles. The van der Waals surface area contributed by atoms with Crippen LogP contribution in [0.2, 0.25) is 0 Å². The van der Waals surface area contributed by atoms with Crippen LogP contribution in [0.15, 0.2) is 178 Å². The summed E-state index contributed by atoms with van der Waals surface area (Å²) in [5.41, 5.74) is 6.98. The Kier molecular flexibility index (Phi) is 6.21. The number of benzene rings is 8. The summed E-state index contributed by atoms with van der Waals surface area (Å²) >= 11 is 0. The summed E-state index contributed by atoms with van der Waals surface area (Å²) in [7, 11) is 0. The zero-order valence-electron chi connectivity index (χ0n) is 26.5. The van der Waals surface area contributed by atoms with Gasteiger partial charge in [0.1, 0.15) is 23.2 Å². The van der Waals surface area contributed by atoms with Gasteiger partial charge in [0.2, 0.25) is 0 Å². The highest BCUT2D eigenvalue weighted by molar-refractivity contribution is 6.22. The number of para-hydroxylation sites is 1. The second-order valence-electron chi connectivity index (χ2n) is 12.6. The summed E-state index contributed by atoms with van der Waals surface area (Å²) in [5, 5.41) is 13.1. The average Bonchev–Trinajstić information content (AvgIpc) is 3.56. The summed E-state index contributed by atoms with van der Waals surface area (Å²) < 4.78 is 6.47. The van der Waals surface area contributed by atoms with E-state index < -0.39 is 6.17 Å². The van der Waals surface area contributed by atoms with Crippen LogP contribution in [-0.4, -0.2) is 11.7 Å². The van der Waals surface area contributed by atoms with Gasteiger partial charge in [0.25, 0.3) is 0 Å². The lowest BCUT2D eigenvalue weighted by atomic mass is 9.91. The van der Waals surface area contributed by atoms with Crippen molar-refractivity contribution >= 4 is 65.9 Å². The molecule has 230 valence electrons. The van der Waals surface area contributed by atoms with Gasteiger partial charge in [0.15, 0.2) is 5.84 Å². The van der Waals surface area contributed by atoms with Crippen molar-refractivity contribution in [3.8, 4) is 11.1 Å². The molecule has 0 fully saturated rings. The Balaban J connectivity index is 1.26. The third kappa shape index (κ3) is 4.53. The minimum absolute atomic E-state index is 0.459. The molecule has 0 amide bonds. The van der Waals surface area contributed by atoms with E-state index >= 15 is 0 Å². The molecule has 1 atom stereocenters. The zero-order chi connectivity index (χ0) is 32.3. The minimum atomic E-state index is -0.459. The molecular weight excluding hydrogens is 599 g/mol. The molecule has 4 heteroatoms. The molecule has 4 nitrogen and oxygen atoms in total. The lowest BCUT2D eigenvalue weighted by Crippen LogP contribution is -2.34. The lowest BCUT2D eigenvalue weighted by molar-refractivity contribution is 0.663. The second-order valence-corrected chi connectivity index (χ2v) is 12.6. The van der Waals surface area contributed by atoms with E-state index in [0.29, 0.717) is 5.84 Å². The predicted octanol–water partition coefficient (Wildman–Crippen LogP) is 11.2. The first kappa shape index (κ1) is 27.6. The molecule has 0 saturated carbocycles. The SMILES string of the molecule is c1ccc(C2=NC(c3c(-c4ccc5ccccc5c4)ccc4oc5ccccc5c34)NC(c3cc4ccccc4c4ccccc34)=N2)cc1. The van der Waals surface area contributed by atoms with Crippen LogP contribution >= 0.6 is 0 Å². The number of nitrogens with one attached hydrogen (secondary N) is 1. The maximum Gasteiger partial charge on any atom is 0.159 e. The summed E-state index contributed by atoms with van der Waals surface area (Å²) in [6.45, 7) is 0. The minimum Gasteiger partial charge on any atom is -0.456 e. The number of furan rings is 1. The number of amidine groups is 2. The van der Waals surface area contributed by atoms with Gasteiger partial charge in [-0.15, -0.1) is 0 Å². The van der Waals surface area contributed by atoms with Crippen molar-refractivity contribution in [2.75, 3.05) is 0 Å². The Hall–Kier alpha value is -6.52. The average molecular weight is 628 g/mol. The first-order valence-corrected chi connectivity index (χ1v) is 16.6. The van der Waals surface area contributed by atoms with E-state index in [4.69, 9.17) is 14.4 Å². The fourth-order valence-corrected chi connectivity index (χ4v) is 7.44. The van der Waals surface area contributed by atoms with Crippen molar-refractivity contribution in [2.24, 2.45) is 9.98 Å². The van der Waals surface area contributed by atoms with Gasteiger partial charge in [-0.3, -0.25) is 0 Å². The maximum absolute atomic E-state index is 6.47. The molecule has 1 aliphatic rings. The van der Waals surface area contributed by atoms with Crippen LogP contribution in [-0.2, 0) is 0 Å². The first-order chi connectivity index (χ1) is 24.3. The quantitative estimate of drug-likeness (QED) is 0.197. The highest BCUT2D eigenvalue weighted by Gasteiger charge is 2.28. The molecule has 0 radical (unpaired) electrons. The van der Waals surface area contributed by atoms with E-state index in [1.54, 1.807) is 0 Å². The number of aliphatic imine (C=N–C) groups is 2.